The van der Waals surface area contributed by atoms with Gasteiger partial charge in [0.15, 0.2) is 0 Å². The SMILES string of the molecule is O=C(CCc1ccc(C(F)(F)F)cc1Br)NC1CCOCC1. The molecule has 1 N–H and O–H groups in total. The molecule has 1 amide bonds. The third kappa shape index (κ3) is 4.98. The lowest BCUT2D eigenvalue weighted by atomic mass is 10.1. The van der Waals surface area contributed by atoms with E-state index in [1.54, 1.807) is 0 Å². The highest BCUT2D eigenvalue weighted by atomic mass is 79.9. The lowest BCUT2D eigenvalue weighted by molar-refractivity contribution is -0.137. The standard InChI is InChI=1S/C15H17BrF3NO2/c16-13-9-11(15(17,18)19)3-1-10(13)2-4-14(21)20-12-5-7-22-8-6-12/h1,3,9,12H,2,4-8H2,(H,20,21). The van der Waals surface area contributed by atoms with Crippen LogP contribution in [0.2, 0.25) is 0 Å². The van der Waals surface area contributed by atoms with Crippen LogP contribution in [0.15, 0.2) is 22.7 Å². The zero-order chi connectivity index (χ0) is 16.2. The van der Waals surface area contributed by atoms with Gasteiger partial charge in [-0.3, -0.25) is 4.79 Å². The molecular formula is C15H17BrF3NO2. The van der Waals surface area contributed by atoms with Gasteiger partial charge in [0, 0.05) is 30.1 Å². The molecule has 2 rings (SSSR count). The number of rotatable bonds is 4. The van der Waals surface area contributed by atoms with Crippen LogP contribution in [-0.2, 0) is 22.1 Å². The number of aryl methyl sites for hydroxylation is 1. The number of ether oxygens (including phenoxy) is 1. The molecule has 22 heavy (non-hydrogen) atoms. The van der Waals surface area contributed by atoms with Gasteiger partial charge in [0.2, 0.25) is 5.91 Å². The van der Waals surface area contributed by atoms with Gasteiger partial charge in [-0.1, -0.05) is 22.0 Å². The fraction of sp³-hybridized carbons (Fsp3) is 0.533. The number of amides is 1. The van der Waals surface area contributed by atoms with Gasteiger partial charge < -0.3 is 10.1 Å². The van der Waals surface area contributed by atoms with Gasteiger partial charge in [-0.2, -0.15) is 13.2 Å². The second-order valence-electron chi connectivity index (χ2n) is 5.26. The topological polar surface area (TPSA) is 38.3 Å². The van der Waals surface area contributed by atoms with Crippen LogP contribution in [0.1, 0.15) is 30.4 Å². The molecule has 1 fully saturated rings. The Kier molecular flexibility index (Phi) is 5.86. The van der Waals surface area contributed by atoms with Crippen molar-refractivity contribution in [2.45, 2.75) is 37.9 Å². The highest BCUT2D eigenvalue weighted by Gasteiger charge is 2.30. The Bertz CT molecular complexity index is 528. The molecule has 0 atom stereocenters. The Morgan fingerprint density at radius 2 is 2.00 bits per heavy atom. The van der Waals surface area contributed by atoms with Crippen molar-refractivity contribution in [1.29, 1.82) is 0 Å². The smallest absolute Gasteiger partial charge is 0.381 e. The maximum Gasteiger partial charge on any atom is 0.416 e. The summed E-state index contributed by atoms with van der Waals surface area (Å²) in [5.74, 6) is -0.0845. The van der Waals surface area contributed by atoms with E-state index >= 15 is 0 Å². The molecule has 1 heterocycles. The highest BCUT2D eigenvalue weighted by molar-refractivity contribution is 9.10. The van der Waals surface area contributed by atoms with Crippen molar-refractivity contribution in [2.24, 2.45) is 0 Å². The Morgan fingerprint density at radius 1 is 1.32 bits per heavy atom. The summed E-state index contributed by atoms with van der Waals surface area (Å²) in [5, 5.41) is 2.93. The second kappa shape index (κ2) is 7.46. The number of carbonyl (C=O) groups is 1. The molecular weight excluding hydrogens is 363 g/mol. The first-order valence-corrected chi connectivity index (χ1v) is 7.88. The fourth-order valence-corrected chi connectivity index (χ4v) is 2.89. The van der Waals surface area contributed by atoms with E-state index in [-0.39, 0.29) is 18.4 Å². The van der Waals surface area contributed by atoms with E-state index in [1.807, 2.05) is 0 Å². The van der Waals surface area contributed by atoms with E-state index in [1.165, 1.54) is 6.07 Å². The first-order chi connectivity index (χ1) is 10.4. The molecule has 0 aliphatic carbocycles. The van der Waals surface area contributed by atoms with E-state index in [0.29, 0.717) is 29.7 Å². The predicted octanol–water partition coefficient (Wildman–Crippen LogP) is 3.70. The molecule has 0 spiro atoms. The van der Waals surface area contributed by atoms with Crippen LogP contribution >= 0.6 is 15.9 Å². The molecule has 0 unspecified atom stereocenters. The third-order valence-electron chi connectivity index (χ3n) is 3.59. The van der Waals surface area contributed by atoms with Gasteiger partial charge in [-0.15, -0.1) is 0 Å². The minimum absolute atomic E-state index is 0.0845. The Balaban J connectivity index is 1.87. The molecule has 1 aromatic rings. The van der Waals surface area contributed by atoms with E-state index < -0.39 is 11.7 Å². The zero-order valence-corrected chi connectivity index (χ0v) is 13.5. The summed E-state index contributed by atoms with van der Waals surface area (Å²) in [4.78, 5) is 11.9. The Labute approximate surface area is 135 Å². The van der Waals surface area contributed by atoms with Crippen LogP contribution in [-0.4, -0.2) is 25.2 Å². The van der Waals surface area contributed by atoms with Crippen molar-refractivity contribution in [1.82, 2.24) is 5.32 Å². The lowest BCUT2D eigenvalue weighted by Gasteiger charge is -2.23. The number of carbonyl (C=O) groups excluding carboxylic acids is 1. The average molecular weight is 380 g/mol. The van der Waals surface area contributed by atoms with E-state index in [4.69, 9.17) is 4.74 Å². The molecule has 1 aromatic carbocycles. The molecule has 122 valence electrons. The van der Waals surface area contributed by atoms with Gasteiger partial charge in [0.05, 0.1) is 5.56 Å². The summed E-state index contributed by atoms with van der Waals surface area (Å²) in [6.45, 7) is 1.30. The molecule has 1 aliphatic heterocycles. The van der Waals surface area contributed by atoms with Crippen molar-refractivity contribution in [3.05, 3.63) is 33.8 Å². The van der Waals surface area contributed by atoms with Gasteiger partial charge in [0.25, 0.3) is 0 Å². The number of benzene rings is 1. The van der Waals surface area contributed by atoms with Crippen molar-refractivity contribution >= 4 is 21.8 Å². The first-order valence-electron chi connectivity index (χ1n) is 7.09. The van der Waals surface area contributed by atoms with Crippen LogP contribution in [0.25, 0.3) is 0 Å². The van der Waals surface area contributed by atoms with Crippen molar-refractivity contribution in [2.75, 3.05) is 13.2 Å². The summed E-state index contributed by atoms with van der Waals surface area (Å²) < 4.78 is 43.3. The quantitative estimate of drug-likeness (QED) is 0.865. The number of hydrogen-bond donors (Lipinski definition) is 1. The highest BCUT2D eigenvalue weighted by Crippen LogP contribution is 2.32. The molecule has 1 saturated heterocycles. The monoisotopic (exact) mass is 379 g/mol. The fourth-order valence-electron chi connectivity index (χ4n) is 2.32. The molecule has 0 aromatic heterocycles. The molecule has 0 radical (unpaired) electrons. The van der Waals surface area contributed by atoms with Gasteiger partial charge >= 0.3 is 6.18 Å². The summed E-state index contributed by atoms with van der Waals surface area (Å²) in [5.41, 5.74) is -0.00934. The van der Waals surface area contributed by atoms with Crippen molar-refractivity contribution in [3.63, 3.8) is 0 Å². The van der Waals surface area contributed by atoms with Crippen LogP contribution in [0.3, 0.4) is 0 Å². The van der Waals surface area contributed by atoms with Crippen LogP contribution in [0.4, 0.5) is 13.2 Å². The predicted molar refractivity (Wildman–Crippen MR) is 79.4 cm³/mol. The number of nitrogens with one attached hydrogen (secondary N) is 1. The minimum atomic E-state index is -4.36. The third-order valence-corrected chi connectivity index (χ3v) is 4.33. The van der Waals surface area contributed by atoms with Gasteiger partial charge in [-0.25, -0.2) is 0 Å². The Morgan fingerprint density at radius 3 is 2.59 bits per heavy atom. The van der Waals surface area contributed by atoms with Crippen LogP contribution in [0.5, 0.6) is 0 Å². The van der Waals surface area contributed by atoms with Crippen LogP contribution < -0.4 is 5.32 Å². The summed E-state index contributed by atoms with van der Waals surface area (Å²) >= 11 is 3.14. The molecule has 3 nitrogen and oxygen atoms in total. The molecule has 7 heteroatoms. The minimum Gasteiger partial charge on any atom is -0.381 e. The van der Waals surface area contributed by atoms with E-state index in [0.717, 1.165) is 25.0 Å². The lowest BCUT2D eigenvalue weighted by Crippen LogP contribution is -2.38. The maximum absolute atomic E-state index is 12.6. The number of hydrogen-bond acceptors (Lipinski definition) is 2. The summed E-state index contributed by atoms with van der Waals surface area (Å²) in [6, 6.07) is 3.63. The molecule has 0 bridgehead atoms. The molecule has 0 saturated carbocycles. The summed E-state index contributed by atoms with van der Waals surface area (Å²) in [7, 11) is 0. The van der Waals surface area contributed by atoms with Crippen molar-refractivity contribution < 1.29 is 22.7 Å². The first kappa shape index (κ1) is 17.3. The second-order valence-corrected chi connectivity index (χ2v) is 6.11. The normalized spacial score (nSPS) is 16.5. The van der Waals surface area contributed by atoms with Gasteiger partial charge in [0.1, 0.15) is 0 Å². The number of halogens is 4. The Hall–Kier alpha value is -1.08. The average Bonchev–Trinajstić information content (AvgIpc) is 2.46. The van der Waals surface area contributed by atoms with Crippen molar-refractivity contribution in [3.8, 4) is 0 Å². The summed E-state index contributed by atoms with van der Waals surface area (Å²) in [6.07, 6.45) is -2.11. The zero-order valence-electron chi connectivity index (χ0n) is 11.9. The van der Waals surface area contributed by atoms with Gasteiger partial charge in [-0.05, 0) is 37.0 Å². The molecule has 1 aliphatic rings. The largest absolute Gasteiger partial charge is 0.416 e. The van der Waals surface area contributed by atoms with E-state index in [9.17, 15) is 18.0 Å². The number of alkyl halides is 3. The van der Waals surface area contributed by atoms with E-state index in [2.05, 4.69) is 21.2 Å². The van der Waals surface area contributed by atoms with Crippen LogP contribution in [0, 0.1) is 0 Å². The maximum atomic E-state index is 12.6.